The standard InChI is InChI=1S/C15H28N2O2/c1-4-5-12-8-9-17(10-12)11-15(2,14(18)19-3)16-13-6-7-13/h12-13,16H,4-11H2,1-3H3. The summed E-state index contributed by atoms with van der Waals surface area (Å²) in [7, 11) is 1.49. The molecule has 1 aliphatic carbocycles. The number of methoxy groups -OCH3 is 1. The summed E-state index contributed by atoms with van der Waals surface area (Å²) in [4.78, 5) is 14.5. The minimum atomic E-state index is -0.545. The van der Waals surface area contributed by atoms with Crippen LogP contribution in [0.5, 0.6) is 0 Å². The summed E-state index contributed by atoms with van der Waals surface area (Å²) in [6, 6.07) is 0.512. The van der Waals surface area contributed by atoms with Gasteiger partial charge in [-0.05, 0) is 45.1 Å². The first kappa shape index (κ1) is 14.8. The van der Waals surface area contributed by atoms with Gasteiger partial charge in [0.1, 0.15) is 5.54 Å². The molecule has 0 bridgehead atoms. The van der Waals surface area contributed by atoms with E-state index >= 15 is 0 Å². The van der Waals surface area contributed by atoms with Gasteiger partial charge in [-0.15, -0.1) is 0 Å². The predicted octanol–water partition coefficient (Wildman–Crippen LogP) is 1.79. The molecule has 0 amide bonds. The van der Waals surface area contributed by atoms with Crippen molar-refractivity contribution in [2.75, 3.05) is 26.7 Å². The number of nitrogens with one attached hydrogen (secondary N) is 1. The second-order valence-corrected chi connectivity index (χ2v) is 6.42. The van der Waals surface area contributed by atoms with Crippen LogP contribution in [0, 0.1) is 5.92 Å². The van der Waals surface area contributed by atoms with Gasteiger partial charge in [0, 0.05) is 19.1 Å². The highest BCUT2D eigenvalue weighted by Crippen LogP contribution is 2.26. The summed E-state index contributed by atoms with van der Waals surface area (Å²) in [6.45, 7) is 7.26. The van der Waals surface area contributed by atoms with Crippen LogP contribution < -0.4 is 5.32 Å². The van der Waals surface area contributed by atoms with E-state index in [1.165, 1.54) is 39.2 Å². The quantitative estimate of drug-likeness (QED) is 0.715. The molecule has 0 aromatic rings. The lowest BCUT2D eigenvalue weighted by atomic mass is 10.0. The highest BCUT2D eigenvalue weighted by molar-refractivity contribution is 5.80. The van der Waals surface area contributed by atoms with Gasteiger partial charge in [0.2, 0.25) is 0 Å². The van der Waals surface area contributed by atoms with E-state index in [0.29, 0.717) is 6.04 Å². The molecule has 2 rings (SSSR count). The zero-order valence-electron chi connectivity index (χ0n) is 12.6. The van der Waals surface area contributed by atoms with E-state index in [-0.39, 0.29) is 5.97 Å². The number of nitrogens with zero attached hydrogens (tertiary/aromatic N) is 1. The molecule has 4 nitrogen and oxygen atoms in total. The Morgan fingerprint density at radius 3 is 2.74 bits per heavy atom. The third-order valence-electron chi connectivity index (χ3n) is 4.34. The van der Waals surface area contributed by atoms with E-state index in [4.69, 9.17) is 4.74 Å². The average molecular weight is 268 g/mol. The summed E-state index contributed by atoms with van der Waals surface area (Å²) in [5, 5.41) is 3.48. The van der Waals surface area contributed by atoms with Crippen molar-refractivity contribution in [3.05, 3.63) is 0 Å². The molecule has 0 aromatic carbocycles. The molecule has 110 valence electrons. The smallest absolute Gasteiger partial charge is 0.327 e. The third kappa shape index (κ3) is 3.93. The van der Waals surface area contributed by atoms with E-state index in [1.807, 2.05) is 6.92 Å². The molecule has 0 spiro atoms. The highest BCUT2D eigenvalue weighted by Gasteiger charge is 2.41. The van der Waals surface area contributed by atoms with Gasteiger partial charge >= 0.3 is 5.97 Å². The summed E-state index contributed by atoms with van der Waals surface area (Å²) < 4.78 is 5.00. The van der Waals surface area contributed by atoms with Crippen molar-refractivity contribution in [3.8, 4) is 0 Å². The van der Waals surface area contributed by atoms with Crippen molar-refractivity contribution in [2.45, 2.75) is 57.5 Å². The third-order valence-corrected chi connectivity index (χ3v) is 4.34. The number of carbonyl (C=O) groups is 1. The largest absolute Gasteiger partial charge is 0.468 e. The van der Waals surface area contributed by atoms with Crippen LogP contribution in [0.15, 0.2) is 0 Å². The molecule has 4 heteroatoms. The molecule has 1 N–H and O–H groups in total. The number of esters is 1. The van der Waals surface area contributed by atoms with E-state index in [9.17, 15) is 4.79 Å². The minimum absolute atomic E-state index is 0.127. The van der Waals surface area contributed by atoms with Crippen molar-refractivity contribution in [3.63, 3.8) is 0 Å². The van der Waals surface area contributed by atoms with Gasteiger partial charge in [0.25, 0.3) is 0 Å². The summed E-state index contributed by atoms with van der Waals surface area (Å²) >= 11 is 0. The Balaban J connectivity index is 1.90. The van der Waals surface area contributed by atoms with Crippen LogP contribution in [0.25, 0.3) is 0 Å². The second-order valence-electron chi connectivity index (χ2n) is 6.42. The molecule has 1 saturated heterocycles. The summed E-state index contributed by atoms with van der Waals surface area (Å²) in [5.41, 5.74) is -0.545. The molecule has 19 heavy (non-hydrogen) atoms. The maximum atomic E-state index is 12.1. The van der Waals surface area contributed by atoms with Gasteiger partial charge < -0.3 is 9.64 Å². The lowest BCUT2D eigenvalue weighted by molar-refractivity contribution is -0.148. The number of hydrogen-bond acceptors (Lipinski definition) is 4. The number of ether oxygens (including phenoxy) is 1. The summed E-state index contributed by atoms with van der Waals surface area (Å²) in [5.74, 6) is 0.686. The maximum absolute atomic E-state index is 12.1. The second kappa shape index (κ2) is 6.23. The number of hydrogen-bond donors (Lipinski definition) is 1. The molecule has 1 saturated carbocycles. The molecule has 0 radical (unpaired) electrons. The van der Waals surface area contributed by atoms with E-state index in [0.717, 1.165) is 25.6 Å². The molecule has 1 aliphatic heterocycles. The van der Waals surface area contributed by atoms with Crippen molar-refractivity contribution < 1.29 is 9.53 Å². The van der Waals surface area contributed by atoms with Gasteiger partial charge in [-0.25, -0.2) is 0 Å². The molecule has 2 unspecified atom stereocenters. The van der Waals surface area contributed by atoms with Crippen molar-refractivity contribution in [1.82, 2.24) is 10.2 Å². The predicted molar refractivity (Wildman–Crippen MR) is 76.0 cm³/mol. The van der Waals surface area contributed by atoms with Crippen LogP contribution in [0.1, 0.15) is 46.0 Å². The van der Waals surface area contributed by atoms with Gasteiger partial charge in [-0.3, -0.25) is 10.1 Å². The Morgan fingerprint density at radius 2 is 2.16 bits per heavy atom. The maximum Gasteiger partial charge on any atom is 0.327 e. The number of carbonyl (C=O) groups excluding carboxylic acids is 1. The van der Waals surface area contributed by atoms with Crippen LogP contribution in [0.3, 0.4) is 0 Å². The van der Waals surface area contributed by atoms with Crippen LogP contribution in [0.4, 0.5) is 0 Å². The minimum Gasteiger partial charge on any atom is -0.468 e. The molecular formula is C15H28N2O2. The normalized spacial score (nSPS) is 27.2. The molecular weight excluding hydrogens is 240 g/mol. The van der Waals surface area contributed by atoms with Gasteiger partial charge in [-0.2, -0.15) is 0 Å². The first-order chi connectivity index (χ1) is 9.07. The number of likely N-dealkylation sites (tertiary alicyclic amines) is 1. The highest BCUT2D eigenvalue weighted by atomic mass is 16.5. The van der Waals surface area contributed by atoms with Crippen molar-refractivity contribution in [2.24, 2.45) is 5.92 Å². The zero-order valence-corrected chi connectivity index (χ0v) is 12.6. The first-order valence-electron chi connectivity index (χ1n) is 7.66. The Hall–Kier alpha value is -0.610. The first-order valence-corrected chi connectivity index (χ1v) is 7.66. The van der Waals surface area contributed by atoms with E-state index in [1.54, 1.807) is 0 Å². The van der Waals surface area contributed by atoms with Gasteiger partial charge in [0.15, 0.2) is 0 Å². The summed E-state index contributed by atoms with van der Waals surface area (Å²) in [6.07, 6.45) is 6.21. The Labute approximate surface area is 116 Å². The van der Waals surface area contributed by atoms with Crippen molar-refractivity contribution in [1.29, 1.82) is 0 Å². The monoisotopic (exact) mass is 268 g/mol. The topological polar surface area (TPSA) is 41.6 Å². The van der Waals surface area contributed by atoms with E-state index < -0.39 is 5.54 Å². The fourth-order valence-corrected chi connectivity index (χ4v) is 3.22. The molecule has 1 heterocycles. The lowest BCUT2D eigenvalue weighted by Crippen LogP contribution is -2.57. The van der Waals surface area contributed by atoms with Crippen LogP contribution in [-0.4, -0.2) is 49.2 Å². The Bertz CT molecular complexity index is 317. The van der Waals surface area contributed by atoms with E-state index in [2.05, 4.69) is 17.1 Å². The van der Waals surface area contributed by atoms with Crippen LogP contribution >= 0.6 is 0 Å². The van der Waals surface area contributed by atoms with Gasteiger partial charge in [-0.1, -0.05) is 13.3 Å². The average Bonchev–Trinajstić information content (AvgIpc) is 3.08. The van der Waals surface area contributed by atoms with Crippen molar-refractivity contribution >= 4 is 5.97 Å². The zero-order chi connectivity index (χ0) is 13.9. The fourth-order valence-electron chi connectivity index (χ4n) is 3.22. The van der Waals surface area contributed by atoms with Gasteiger partial charge in [0.05, 0.1) is 7.11 Å². The Kier molecular flexibility index (Phi) is 4.85. The molecule has 0 aromatic heterocycles. The number of rotatable bonds is 7. The Morgan fingerprint density at radius 1 is 1.42 bits per heavy atom. The SMILES string of the molecule is CCCC1CCN(CC(C)(NC2CC2)C(=O)OC)C1. The lowest BCUT2D eigenvalue weighted by Gasteiger charge is -2.32. The van der Waals surface area contributed by atoms with Crippen LogP contribution in [-0.2, 0) is 9.53 Å². The molecule has 2 atom stereocenters. The molecule has 2 aliphatic rings. The molecule has 2 fully saturated rings. The van der Waals surface area contributed by atoms with Crippen LogP contribution in [0.2, 0.25) is 0 Å². The fraction of sp³-hybridized carbons (Fsp3) is 0.933.